The number of nitrogens with two attached hydrogens (primary N) is 1. The van der Waals surface area contributed by atoms with Gasteiger partial charge in [-0.2, -0.15) is 25.3 Å². The Kier molecular flexibility index (Phi) is 13.0. The van der Waals surface area contributed by atoms with E-state index in [1.165, 1.54) is 6.92 Å². The second kappa shape index (κ2) is 13.7. The lowest BCUT2D eigenvalue weighted by Gasteiger charge is -2.27. The lowest BCUT2D eigenvalue weighted by Crippen LogP contribution is -2.60. The van der Waals surface area contributed by atoms with Gasteiger partial charge in [0.15, 0.2) is 0 Å². The normalized spacial score (nSPS) is 16.3. The van der Waals surface area contributed by atoms with Crippen LogP contribution in [0, 0.1) is 5.92 Å². The fraction of sp³-hybridized carbons (Fsp3) is 0.765. The van der Waals surface area contributed by atoms with Gasteiger partial charge in [0.2, 0.25) is 17.7 Å². The van der Waals surface area contributed by atoms with Crippen molar-refractivity contribution in [2.24, 2.45) is 11.7 Å². The smallest absolute Gasteiger partial charge is 0.327 e. The van der Waals surface area contributed by atoms with Gasteiger partial charge in [0, 0.05) is 5.75 Å². The molecule has 0 aliphatic rings. The quantitative estimate of drug-likeness (QED) is 0.158. The van der Waals surface area contributed by atoms with Crippen molar-refractivity contribution in [3.8, 4) is 0 Å². The lowest BCUT2D eigenvalue weighted by molar-refractivity contribution is -0.142. The molecule has 168 valence electrons. The fourth-order valence-electron chi connectivity index (χ4n) is 2.36. The Hall–Kier alpha value is -1.50. The Labute approximate surface area is 181 Å². The van der Waals surface area contributed by atoms with Crippen molar-refractivity contribution in [2.45, 2.75) is 63.9 Å². The summed E-state index contributed by atoms with van der Waals surface area (Å²) >= 11 is 7.88. The van der Waals surface area contributed by atoms with Gasteiger partial charge >= 0.3 is 5.97 Å². The van der Waals surface area contributed by atoms with Gasteiger partial charge in [-0.05, 0) is 31.4 Å². The van der Waals surface area contributed by atoms with Gasteiger partial charge in [-0.15, -0.1) is 0 Å². The highest BCUT2D eigenvalue weighted by Crippen LogP contribution is 2.07. The summed E-state index contributed by atoms with van der Waals surface area (Å²) in [4.78, 5) is 48.3. The maximum Gasteiger partial charge on any atom is 0.327 e. The molecule has 29 heavy (non-hydrogen) atoms. The largest absolute Gasteiger partial charge is 0.480 e. The predicted molar refractivity (Wildman–Crippen MR) is 115 cm³/mol. The number of aliphatic carboxylic acids is 1. The monoisotopic (exact) mass is 452 g/mol. The third-order valence-corrected chi connectivity index (χ3v) is 4.60. The molecule has 0 fully saturated rings. The Balaban J connectivity index is 5.30. The summed E-state index contributed by atoms with van der Waals surface area (Å²) in [5.41, 5.74) is 5.74. The number of thiol groups is 2. The van der Waals surface area contributed by atoms with E-state index < -0.39 is 54.0 Å². The average Bonchev–Trinajstić information content (AvgIpc) is 2.62. The number of aliphatic hydroxyl groups excluding tert-OH is 1. The molecule has 12 heteroatoms. The van der Waals surface area contributed by atoms with Crippen LogP contribution in [0.3, 0.4) is 0 Å². The Morgan fingerprint density at radius 1 is 0.931 bits per heavy atom. The highest BCUT2D eigenvalue weighted by Gasteiger charge is 2.32. The molecule has 7 N–H and O–H groups in total. The first-order valence-electron chi connectivity index (χ1n) is 9.23. The third kappa shape index (κ3) is 10.2. The van der Waals surface area contributed by atoms with Crippen LogP contribution in [0.2, 0.25) is 0 Å². The zero-order valence-corrected chi connectivity index (χ0v) is 18.6. The first-order chi connectivity index (χ1) is 13.4. The van der Waals surface area contributed by atoms with Crippen LogP contribution in [0.25, 0.3) is 0 Å². The minimum atomic E-state index is -1.41. The molecule has 0 aromatic heterocycles. The van der Waals surface area contributed by atoms with E-state index in [9.17, 15) is 24.3 Å². The van der Waals surface area contributed by atoms with Crippen LogP contribution in [-0.2, 0) is 19.2 Å². The highest BCUT2D eigenvalue weighted by molar-refractivity contribution is 7.80. The standard InChI is InChI=1S/C17H32N4O6S2/c1-8(2)6-11(19-14(23)10(18)4-5-28)15(24)21-13(9(3)22)16(25)20-12(7-29)17(26)27/h8-13,22,28-29H,4-7,18H2,1-3H3,(H,19,23)(H,20,25)(H,21,24)(H,26,27)/t9-,10-,11+,12+,13+/m1/s1. The van der Waals surface area contributed by atoms with E-state index in [1.54, 1.807) is 0 Å². The summed E-state index contributed by atoms with van der Waals surface area (Å²) in [6.45, 7) is 4.98. The first-order valence-corrected chi connectivity index (χ1v) is 10.5. The highest BCUT2D eigenvalue weighted by atomic mass is 32.1. The van der Waals surface area contributed by atoms with Crippen molar-refractivity contribution in [2.75, 3.05) is 11.5 Å². The molecule has 0 unspecified atom stereocenters. The van der Waals surface area contributed by atoms with Gasteiger partial charge in [0.05, 0.1) is 12.1 Å². The molecule has 0 aliphatic carbocycles. The van der Waals surface area contributed by atoms with Gasteiger partial charge in [0.25, 0.3) is 0 Å². The van der Waals surface area contributed by atoms with Crippen LogP contribution in [0.15, 0.2) is 0 Å². The number of nitrogens with one attached hydrogen (secondary N) is 3. The molecule has 5 atom stereocenters. The number of carbonyl (C=O) groups excluding carboxylic acids is 3. The number of carboxylic acid groups (broad SMARTS) is 1. The Morgan fingerprint density at radius 2 is 1.48 bits per heavy atom. The first kappa shape index (κ1) is 27.5. The van der Waals surface area contributed by atoms with E-state index in [4.69, 9.17) is 10.8 Å². The Morgan fingerprint density at radius 3 is 1.90 bits per heavy atom. The number of amides is 3. The minimum Gasteiger partial charge on any atom is -0.480 e. The van der Waals surface area contributed by atoms with Gasteiger partial charge < -0.3 is 31.9 Å². The van der Waals surface area contributed by atoms with E-state index >= 15 is 0 Å². The van der Waals surface area contributed by atoms with Crippen molar-refractivity contribution < 1.29 is 29.4 Å². The van der Waals surface area contributed by atoms with E-state index in [2.05, 4.69) is 41.2 Å². The number of hydrogen-bond donors (Lipinski definition) is 8. The summed E-state index contributed by atoms with van der Waals surface area (Å²) in [6.07, 6.45) is -0.715. The summed E-state index contributed by atoms with van der Waals surface area (Å²) in [5.74, 6) is -3.13. The van der Waals surface area contributed by atoms with Gasteiger partial charge in [-0.3, -0.25) is 14.4 Å². The van der Waals surface area contributed by atoms with E-state index in [1.807, 2.05) is 13.8 Å². The molecule has 0 rings (SSSR count). The predicted octanol–water partition coefficient (Wildman–Crippen LogP) is -1.47. The summed E-state index contributed by atoms with van der Waals surface area (Å²) < 4.78 is 0. The van der Waals surface area contributed by atoms with E-state index in [0.29, 0.717) is 12.2 Å². The zero-order chi connectivity index (χ0) is 22.7. The molecule has 0 aromatic carbocycles. The van der Waals surface area contributed by atoms with E-state index in [0.717, 1.165) is 0 Å². The molecule has 0 aromatic rings. The number of hydrogen-bond acceptors (Lipinski definition) is 8. The van der Waals surface area contributed by atoms with Crippen LogP contribution < -0.4 is 21.7 Å². The second-order valence-corrected chi connectivity index (χ2v) is 7.93. The summed E-state index contributed by atoms with van der Waals surface area (Å²) in [6, 6.07) is -4.52. The average molecular weight is 453 g/mol. The molecule has 0 saturated carbocycles. The van der Waals surface area contributed by atoms with Crippen molar-refractivity contribution in [1.29, 1.82) is 0 Å². The molecule has 0 saturated heterocycles. The van der Waals surface area contributed by atoms with Gasteiger partial charge in [-0.1, -0.05) is 13.8 Å². The maximum absolute atomic E-state index is 12.7. The van der Waals surface area contributed by atoms with Crippen LogP contribution in [0.1, 0.15) is 33.6 Å². The molecule has 10 nitrogen and oxygen atoms in total. The van der Waals surface area contributed by atoms with Crippen LogP contribution in [-0.4, -0.2) is 75.7 Å². The summed E-state index contributed by atoms with van der Waals surface area (Å²) in [5, 5.41) is 26.1. The molecule has 3 amide bonds. The third-order valence-electron chi connectivity index (χ3n) is 3.98. The number of aliphatic hydroxyl groups is 1. The molecule has 0 aliphatic heterocycles. The SMILES string of the molecule is CC(C)C[C@H](NC(=O)[C@H](N)CCS)C(=O)N[C@H](C(=O)N[C@@H](CS)C(=O)O)[C@@H](C)O. The van der Waals surface area contributed by atoms with Crippen LogP contribution >= 0.6 is 25.3 Å². The summed E-state index contributed by atoms with van der Waals surface area (Å²) in [7, 11) is 0. The fourth-order valence-corrected chi connectivity index (χ4v) is 2.88. The molecular weight excluding hydrogens is 420 g/mol. The van der Waals surface area contributed by atoms with Crippen molar-refractivity contribution in [3.63, 3.8) is 0 Å². The lowest BCUT2D eigenvalue weighted by atomic mass is 10.0. The molecule has 0 radical (unpaired) electrons. The number of carbonyl (C=O) groups is 4. The second-order valence-electron chi connectivity index (χ2n) is 7.12. The van der Waals surface area contributed by atoms with Gasteiger partial charge in [0.1, 0.15) is 18.1 Å². The number of rotatable bonds is 13. The Bertz CT molecular complexity index is 576. The minimum absolute atomic E-state index is 0.0338. The van der Waals surface area contributed by atoms with Crippen molar-refractivity contribution in [3.05, 3.63) is 0 Å². The molecule has 0 heterocycles. The zero-order valence-electron chi connectivity index (χ0n) is 16.8. The molecule has 0 bridgehead atoms. The van der Waals surface area contributed by atoms with E-state index in [-0.39, 0.29) is 18.1 Å². The maximum atomic E-state index is 12.7. The van der Waals surface area contributed by atoms with Crippen LogP contribution in [0.5, 0.6) is 0 Å². The molecule has 0 spiro atoms. The van der Waals surface area contributed by atoms with Crippen LogP contribution in [0.4, 0.5) is 0 Å². The molecular formula is C17H32N4O6S2. The van der Waals surface area contributed by atoms with Crippen molar-refractivity contribution in [1.82, 2.24) is 16.0 Å². The topological polar surface area (TPSA) is 171 Å². The number of carboxylic acids is 1. The van der Waals surface area contributed by atoms with Gasteiger partial charge in [-0.25, -0.2) is 4.79 Å². The van der Waals surface area contributed by atoms with Crippen molar-refractivity contribution >= 4 is 48.9 Å².